The predicted molar refractivity (Wildman–Crippen MR) is 78.8 cm³/mol. The van der Waals surface area contributed by atoms with E-state index in [0.717, 1.165) is 19.0 Å². The van der Waals surface area contributed by atoms with Crippen LogP contribution in [0.5, 0.6) is 0 Å². The Morgan fingerprint density at radius 2 is 1.89 bits per heavy atom. The summed E-state index contributed by atoms with van der Waals surface area (Å²) in [5.41, 5.74) is 0. The van der Waals surface area contributed by atoms with E-state index >= 15 is 0 Å². The zero-order valence-electron chi connectivity index (χ0n) is 10.8. The number of nitrogens with one attached hydrogen (secondary N) is 2. The summed E-state index contributed by atoms with van der Waals surface area (Å²) in [6.45, 7) is 5.96. The Hall–Kier alpha value is -0.670. The number of rotatable bonds is 6. The van der Waals surface area contributed by atoms with Crippen molar-refractivity contribution in [1.29, 1.82) is 0 Å². The van der Waals surface area contributed by atoms with Crippen LogP contribution >= 0.6 is 23.2 Å². The van der Waals surface area contributed by atoms with Gasteiger partial charge in [-0.3, -0.25) is 0 Å². The topological polar surface area (TPSA) is 37.0 Å². The molecule has 0 bridgehead atoms. The van der Waals surface area contributed by atoms with Gasteiger partial charge in [-0.2, -0.15) is 0 Å². The number of hydrogen-bond donors (Lipinski definition) is 2. The number of anilines is 2. The molecule has 1 heterocycles. The highest BCUT2D eigenvalue weighted by Crippen LogP contribution is 2.37. The molecule has 1 aromatic rings. The van der Waals surface area contributed by atoms with Gasteiger partial charge in [-0.05, 0) is 37.7 Å². The van der Waals surface area contributed by atoms with E-state index in [2.05, 4.69) is 22.5 Å². The first-order valence-electron chi connectivity index (χ1n) is 6.45. The molecule has 1 aliphatic carbocycles. The predicted octanol–water partition coefficient (Wildman–Crippen LogP) is 4.28. The second-order valence-corrected chi connectivity index (χ2v) is 5.69. The van der Waals surface area contributed by atoms with Gasteiger partial charge in [-0.15, -0.1) is 0 Å². The lowest BCUT2D eigenvalue weighted by atomic mass is 10.1. The molecule has 1 fully saturated rings. The second kappa shape index (κ2) is 5.98. The van der Waals surface area contributed by atoms with Crippen LogP contribution in [0.15, 0.2) is 6.07 Å². The zero-order valence-corrected chi connectivity index (χ0v) is 12.3. The first-order valence-corrected chi connectivity index (χ1v) is 7.21. The summed E-state index contributed by atoms with van der Waals surface area (Å²) in [7, 11) is 0. The number of hydrogen-bond acceptors (Lipinski definition) is 3. The minimum atomic E-state index is 0.558. The van der Waals surface area contributed by atoms with Crippen LogP contribution in [0.3, 0.4) is 0 Å². The van der Waals surface area contributed by atoms with E-state index in [4.69, 9.17) is 23.2 Å². The Kier molecular flexibility index (Phi) is 4.57. The van der Waals surface area contributed by atoms with Crippen molar-refractivity contribution in [2.45, 2.75) is 26.7 Å². The van der Waals surface area contributed by atoms with Gasteiger partial charge in [0.2, 0.25) is 0 Å². The van der Waals surface area contributed by atoms with E-state index in [1.807, 2.05) is 6.92 Å². The Morgan fingerprint density at radius 1 is 1.28 bits per heavy atom. The number of nitrogens with zero attached hydrogens (tertiary/aromatic N) is 1. The molecule has 1 aliphatic rings. The monoisotopic (exact) mass is 287 g/mol. The highest BCUT2D eigenvalue weighted by molar-refractivity contribution is 6.37. The molecule has 100 valence electrons. The van der Waals surface area contributed by atoms with Crippen molar-refractivity contribution in [2.75, 3.05) is 23.7 Å². The summed E-state index contributed by atoms with van der Waals surface area (Å²) in [4.78, 5) is 4.43. The minimum absolute atomic E-state index is 0.558. The normalized spacial score (nSPS) is 16.4. The van der Waals surface area contributed by atoms with Crippen LogP contribution < -0.4 is 10.6 Å². The van der Waals surface area contributed by atoms with Gasteiger partial charge >= 0.3 is 0 Å². The van der Waals surface area contributed by atoms with E-state index in [0.29, 0.717) is 27.6 Å². The summed E-state index contributed by atoms with van der Waals surface area (Å²) in [5.74, 6) is 2.94. The molecule has 18 heavy (non-hydrogen) atoms. The first-order chi connectivity index (χ1) is 8.61. The summed E-state index contributed by atoms with van der Waals surface area (Å²) in [6, 6.07) is 1.73. The molecule has 0 amide bonds. The SMILES string of the molecule is CCNc1nc(NCC(C)C2CC2)c(Cl)cc1Cl. The fourth-order valence-corrected chi connectivity index (χ4v) is 2.46. The van der Waals surface area contributed by atoms with E-state index in [1.165, 1.54) is 12.8 Å². The van der Waals surface area contributed by atoms with Crippen LogP contribution in [0.4, 0.5) is 11.6 Å². The van der Waals surface area contributed by atoms with E-state index < -0.39 is 0 Å². The molecule has 0 saturated heterocycles. The van der Waals surface area contributed by atoms with Gasteiger partial charge in [0, 0.05) is 13.1 Å². The van der Waals surface area contributed by atoms with E-state index in [1.54, 1.807) is 6.07 Å². The maximum absolute atomic E-state index is 6.14. The quantitative estimate of drug-likeness (QED) is 0.820. The van der Waals surface area contributed by atoms with Crippen molar-refractivity contribution in [3.63, 3.8) is 0 Å². The third-order valence-corrected chi connectivity index (χ3v) is 3.87. The molecule has 2 rings (SSSR count). The lowest BCUT2D eigenvalue weighted by Gasteiger charge is -2.14. The van der Waals surface area contributed by atoms with Crippen LogP contribution in [-0.4, -0.2) is 18.1 Å². The van der Waals surface area contributed by atoms with Crippen molar-refractivity contribution in [2.24, 2.45) is 11.8 Å². The van der Waals surface area contributed by atoms with E-state index in [9.17, 15) is 0 Å². The summed E-state index contributed by atoms with van der Waals surface area (Å²) < 4.78 is 0. The number of halogens is 2. The fourth-order valence-electron chi connectivity index (χ4n) is 1.97. The molecule has 1 aromatic heterocycles. The molecule has 3 nitrogen and oxygen atoms in total. The molecule has 0 aromatic carbocycles. The summed E-state index contributed by atoms with van der Waals surface area (Å²) in [5, 5.41) is 7.57. The maximum atomic E-state index is 6.14. The highest BCUT2D eigenvalue weighted by Gasteiger charge is 2.27. The third-order valence-electron chi connectivity index (χ3n) is 3.29. The van der Waals surface area contributed by atoms with Crippen LogP contribution in [0.1, 0.15) is 26.7 Å². The van der Waals surface area contributed by atoms with Gasteiger partial charge in [0.15, 0.2) is 0 Å². The lowest BCUT2D eigenvalue weighted by molar-refractivity contribution is 0.536. The van der Waals surface area contributed by atoms with E-state index in [-0.39, 0.29) is 0 Å². The molecule has 1 unspecified atom stereocenters. The Labute approximate surface area is 118 Å². The zero-order chi connectivity index (χ0) is 13.1. The van der Waals surface area contributed by atoms with Gasteiger partial charge in [0.25, 0.3) is 0 Å². The molecule has 0 aliphatic heterocycles. The average Bonchev–Trinajstić information content (AvgIpc) is 3.15. The molecule has 5 heteroatoms. The van der Waals surface area contributed by atoms with Crippen LogP contribution in [0, 0.1) is 11.8 Å². The maximum Gasteiger partial charge on any atom is 0.147 e. The van der Waals surface area contributed by atoms with Gasteiger partial charge in [-0.1, -0.05) is 30.1 Å². The van der Waals surface area contributed by atoms with Crippen molar-refractivity contribution >= 4 is 34.8 Å². The lowest BCUT2D eigenvalue weighted by Crippen LogP contribution is -2.14. The molecular formula is C13H19Cl2N3. The summed E-state index contributed by atoms with van der Waals surface area (Å²) >= 11 is 12.2. The van der Waals surface area contributed by atoms with Gasteiger partial charge in [0.05, 0.1) is 10.0 Å². The smallest absolute Gasteiger partial charge is 0.147 e. The molecule has 0 spiro atoms. The highest BCUT2D eigenvalue weighted by atomic mass is 35.5. The fraction of sp³-hybridized carbons (Fsp3) is 0.615. The second-order valence-electron chi connectivity index (χ2n) is 4.88. The number of aromatic nitrogens is 1. The van der Waals surface area contributed by atoms with Crippen LogP contribution in [0.25, 0.3) is 0 Å². The minimum Gasteiger partial charge on any atom is -0.369 e. The van der Waals surface area contributed by atoms with Crippen molar-refractivity contribution in [3.05, 3.63) is 16.1 Å². The average molecular weight is 288 g/mol. The molecule has 1 saturated carbocycles. The third kappa shape index (κ3) is 3.42. The Bertz CT molecular complexity index is 419. The number of pyridine rings is 1. The molecule has 1 atom stereocenters. The van der Waals surface area contributed by atoms with Crippen molar-refractivity contribution < 1.29 is 0 Å². The van der Waals surface area contributed by atoms with Gasteiger partial charge < -0.3 is 10.6 Å². The van der Waals surface area contributed by atoms with Gasteiger partial charge in [0.1, 0.15) is 11.6 Å². The van der Waals surface area contributed by atoms with Crippen LogP contribution in [0.2, 0.25) is 10.0 Å². The Morgan fingerprint density at radius 3 is 2.44 bits per heavy atom. The molecule has 0 radical (unpaired) electrons. The van der Waals surface area contributed by atoms with Crippen LogP contribution in [-0.2, 0) is 0 Å². The summed E-state index contributed by atoms with van der Waals surface area (Å²) in [6.07, 6.45) is 2.71. The van der Waals surface area contributed by atoms with Crippen molar-refractivity contribution in [3.8, 4) is 0 Å². The van der Waals surface area contributed by atoms with Crippen molar-refractivity contribution in [1.82, 2.24) is 4.98 Å². The molecule has 2 N–H and O–H groups in total. The largest absolute Gasteiger partial charge is 0.369 e. The first kappa shape index (κ1) is 13.8. The standard InChI is InChI=1S/C13H19Cl2N3/c1-3-16-12-10(14)6-11(15)13(18-12)17-7-8(2)9-4-5-9/h6,8-9H,3-5,7H2,1-2H3,(H2,16,17,18). The van der Waals surface area contributed by atoms with Gasteiger partial charge in [-0.25, -0.2) is 4.98 Å². The molecular weight excluding hydrogens is 269 g/mol. The Balaban J connectivity index is 2.03.